The molecule has 0 spiro atoms. The molecule has 1 heterocycles. The van der Waals surface area contributed by atoms with Crippen molar-refractivity contribution in [1.82, 2.24) is 9.78 Å². The molecule has 2 rings (SSSR count). The summed E-state index contributed by atoms with van der Waals surface area (Å²) in [4.78, 5) is 12.3. The van der Waals surface area contributed by atoms with Crippen LogP contribution in [0.15, 0.2) is 30.3 Å². The smallest absolute Gasteiger partial charge is 0.248 e. The quantitative estimate of drug-likeness (QED) is 0.858. The number of carbonyl (C=O) groups excluding carboxylic acids is 1. The van der Waals surface area contributed by atoms with Crippen LogP contribution >= 0.6 is 0 Å². The monoisotopic (exact) mass is 267 g/mol. The summed E-state index contributed by atoms with van der Waals surface area (Å²) >= 11 is 0. The molecule has 4 nitrogen and oxygen atoms in total. The molecule has 0 bridgehead atoms. The molecule has 0 amide bonds. The van der Waals surface area contributed by atoms with Gasteiger partial charge in [0.05, 0.1) is 17.7 Å². The lowest BCUT2D eigenvalue weighted by atomic mass is 9.95. The summed E-state index contributed by atoms with van der Waals surface area (Å²) in [5.74, 6) is -0.588. The number of nitriles is 1. The predicted octanol–water partition coefficient (Wildman–Crippen LogP) is 3.15. The average molecular weight is 267 g/mol. The summed E-state index contributed by atoms with van der Waals surface area (Å²) in [6.07, 6.45) is 0.141. The molecule has 0 unspecified atom stereocenters. The summed E-state index contributed by atoms with van der Waals surface area (Å²) in [6.45, 7) is 5.66. The average Bonchev–Trinajstić information content (AvgIpc) is 2.75. The van der Waals surface area contributed by atoms with Gasteiger partial charge < -0.3 is 0 Å². The molecular formula is C16H17N3O. The Balaban J connectivity index is 2.21. The van der Waals surface area contributed by atoms with E-state index in [-0.39, 0.29) is 12.3 Å². The molecule has 0 aliphatic carbocycles. The third kappa shape index (κ3) is 2.94. The first-order valence-corrected chi connectivity index (χ1v) is 6.54. The largest absolute Gasteiger partial charge is 0.273 e. The van der Waals surface area contributed by atoms with Crippen molar-refractivity contribution in [2.75, 3.05) is 0 Å². The van der Waals surface area contributed by atoms with Crippen molar-refractivity contribution in [1.29, 1.82) is 5.26 Å². The number of aromatic nitrogens is 2. The molecule has 0 saturated heterocycles. The van der Waals surface area contributed by atoms with E-state index in [2.05, 4.69) is 11.2 Å². The highest BCUT2D eigenvalue weighted by molar-refractivity contribution is 5.80. The first kappa shape index (κ1) is 14.0. The molecule has 0 saturated carbocycles. The van der Waals surface area contributed by atoms with Gasteiger partial charge in [-0.2, -0.15) is 10.4 Å². The van der Waals surface area contributed by atoms with Crippen LogP contribution in [-0.2, 0) is 0 Å². The Kier molecular flexibility index (Phi) is 3.99. The number of hydrogen-bond acceptors (Lipinski definition) is 3. The van der Waals surface area contributed by atoms with E-state index >= 15 is 0 Å². The fourth-order valence-electron chi connectivity index (χ4n) is 2.27. The molecular weight excluding hydrogens is 250 g/mol. The van der Waals surface area contributed by atoms with Crippen molar-refractivity contribution >= 4 is 5.91 Å². The van der Waals surface area contributed by atoms with Crippen LogP contribution in [0.4, 0.5) is 0 Å². The van der Waals surface area contributed by atoms with Crippen LogP contribution in [0.1, 0.15) is 39.6 Å². The topological polar surface area (TPSA) is 58.7 Å². The molecule has 0 fully saturated rings. The van der Waals surface area contributed by atoms with Crippen LogP contribution in [0.3, 0.4) is 0 Å². The predicted molar refractivity (Wildman–Crippen MR) is 76.5 cm³/mol. The minimum absolute atomic E-state index is 0.141. The Labute approximate surface area is 118 Å². The summed E-state index contributed by atoms with van der Waals surface area (Å²) < 4.78 is 1.38. The number of benzene rings is 1. The number of hydrogen-bond donors (Lipinski definition) is 0. The Morgan fingerprint density at radius 2 is 2.10 bits per heavy atom. The van der Waals surface area contributed by atoms with Gasteiger partial charge in [-0.1, -0.05) is 29.8 Å². The van der Waals surface area contributed by atoms with E-state index in [4.69, 9.17) is 0 Å². The highest BCUT2D eigenvalue weighted by atomic mass is 16.2. The van der Waals surface area contributed by atoms with Crippen molar-refractivity contribution in [2.24, 2.45) is 0 Å². The molecule has 4 heteroatoms. The fraction of sp³-hybridized carbons (Fsp3) is 0.312. The maximum Gasteiger partial charge on any atom is 0.248 e. The Hall–Kier alpha value is -2.41. The molecule has 0 aliphatic rings. The molecule has 0 radical (unpaired) electrons. The van der Waals surface area contributed by atoms with Crippen molar-refractivity contribution < 1.29 is 4.79 Å². The summed E-state index contributed by atoms with van der Waals surface area (Å²) in [5.41, 5.74) is 3.57. The third-order valence-corrected chi connectivity index (χ3v) is 3.22. The van der Waals surface area contributed by atoms with Gasteiger partial charge in [-0.3, -0.25) is 4.79 Å². The lowest BCUT2D eigenvalue weighted by Crippen LogP contribution is -2.17. The Morgan fingerprint density at radius 3 is 2.65 bits per heavy atom. The first-order valence-electron chi connectivity index (χ1n) is 6.54. The molecule has 102 valence electrons. The van der Waals surface area contributed by atoms with Crippen LogP contribution in [0.25, 0.3) is 0 Å². The van der Waals surface area contributed by atoms with Crippen molar-refractivity contribution in [3.8, 4) is 6.07 Å². The molecule has 1 atom stereocenters. The number of aryl methyl sites for hydroxylation is 3. The number of rotatable bonds is 3. The van der Waals surface area contributed by atoms with Gasteiger partial charge in [0.25, 0.3) is 0 Å². The highest BCUT2D eigenvalue weighted by Crippen LogP contribution is 2.21. The van der Waals surface area contributed by atoms with E-state index in [1.165, 1.54) is 4.68 Å². The van der Waals surface area contributed by atoms with Gasteiger partial charge in [0.15, 0.2) is 0 Å². The Morgan fingerprint density at radius 1 is 1.35 bits per heavy atom. The van der Waals surface area contributed by atoms with E-state index in [1.54, 1.807) is 0 Å². The van der Waals surface area contributed by atoms with Gasteiger partial charge in [0, 0.05) is 12.1 Å². The molecule has 2 aromatic rings. The molecule has 1 aromatic heterocycles. The molecule has 1 aromatic carbocycles. The molecule has 0 aliphatic heterocycles. The minimum atomic E-state index is -0.439. The Bertz CT molecular complexity index is 679. The second-order valence-electron chi connectivity index (χ2n) is 5.03. The van der Waals surface area contributed by atoms with Gasteiger partial charge in [-0.15, -0.1) is 0 Å². The summed E-state index contributed by atoms with van der Waals surface area (Å²) in [7, 11) is 0. The van der Waals surface area contributed by atoms with E-state index in [9.17, 15) is 10.1 Å². The maximum atomic E-state index is 12.3. The van der Waals surface area contributed by atoms with Crippen molar-refractivity contribution in [2.45, 2.75) is 33.1 Å². The third-order valence-electron chi connectivity index (χ3n) is 3.22. The van der Waals surface area contributed by atoms with E-state index in [0.29, 0.717) is 0 Å². The zero-order chi connectivity index (χ0) is 14.7. The van der Waals surface area contributed by atoms with Gasteiger partial charge >= 0.3 is 0 Å². The lowest BCUT2D eigenvalue weighted by Gasteiger charge is -2.10. The molecule has 0 N–H and O–H groups in total. The maximum absolute atomic E-state index is 12.3. The van der Waals surface area contributed by atoms with Crippen LogP contribution < -0.4 is 0 Å². The van der Waals surface area contributed by atoms with Gasteiger partial charge in [0.1, 0.15) is 0 Å². The number of nitrogens with zero attached hydrogens (tertiary/aromatic N) is 3. The van der Waals surface area contributed by atoms with Crippen LogP contribution in [0.5, 0.6) is 0 Å². The van der Waals surface area contributed by atoms with Crippen LogP contribution in [0, 0.1) is 32.1 Å². The standard InChI is InChI=1S/C16H17N3O/c1-11-5-4-6-14(7-11)15(10-17)9-16(20)19-13(3)8-12(2)18-19/h4-8,15H,9H2,1-3H3/t15-/m0/s1. The highest BCUT2D eigenvalue weighted by Gasteiger charge is 2.18. The summed E-state index contributed by atoms with van der Waals surface area (Å²) in [5, 5.41) is 13.5. The van der Waals surface area contributed by atoms with Gasteiger partial charge in [0.2, 0.25) is 5.91 Å². The SMILES string of the molecule is Cc1cccc([C@H](C#N)CC(=O)n2nc(C)cc2C)c1. The minimum Gasteiger partial charge on any atom is -0.273 e. The van der Waals surface area contributed by atoms with Crippen molar-refractivity contribution in [3.05, 3.63) is 52.8 Å². The zero-order valence-corrected chi connectivity index (χ0v) is 11.9. The van der Waals surface area contributed by atoms with Gasteiger partial charge in [-0.25, -0.2) is 4.68 Å². The van der Waals surface area contributed by atoms with E-state index in [1.807, 2.05) is 51.1 Å². The second kappa shape index (κ2) is 5.70. The normalized spacial score (nSPS) is 11.9. The van der Waals surface area contributed by atoms with Gasteiger partial charge in [-0.05, 0) is 32.4 Å². The fourth-order valence-corrected chi connectivity index (χ4v) is 2.27. The second-order valence-corrected chi connectivity index (χ2v) is 5.03. The van der Waals surface area contributed by atoms with E-state index in [0.717, 1.165) is 22.5 Å². The number of carbonyl (C=O) groups is 1. The first-order chi connectivity index (χ1) is 9.51. The lowest BCUT2D eigenvalue weighted by molar-refractivity contribution is 0.0880. The van der Waals surface area contributed by atoms with Crippen molar-refractivity contribution in [3.63, 3.8) is 0 Å². The summed E-state index contributed by atoms with van der Waals surface area (Å²) in [6, 6.07) is 11.8. The van der Waals surface area contributed by atoms with Crippen LogP contribution in [0.2, 0.25) is 0 Å². The van der Waals surface area contributed by atoms with E-state index < -0.39 is 5.92 Å². The molecule has 20 heavy (non-hydrogen) atoms. The van der Waals surface area contributed by atoms with Crippen LogP contribution in [-0.4, -0.2) is 15.7 Å². The zero-order valence-electron chi connectivity index (χ0n) is 11.9.